The summed E-state index contributed by atoms with van der Waals surface area (Å²) in [5.74, 6) is 0.0823. The van der Waals surface area contributed by atoms with Gasteiger partial charge in [-0.2, -0.15) is 0 Å². The fourth-order valence-corrected chi connectivity index (χ4v) is 1.79. The highest BCUT2D eigenvalue weighted by atomic mass is 32.2. The molecule has 0 saturated carbocycles. The molecule has 0 spiro atoms. The van der Waals surface area contributed by atoms with Crippen LogP contribution in [0.1, 0.15) is 26.2 Å². The van der Waals surface area contributed by atoms with Crippen LogP contribution < -0.4 is 11.1 Å². The molecule has 0 fully saturated rings. The summed E-state index contributed by atoms with van der Waals surface area (Å²) in [6.45, 7) is 2.85. The Hall–Kier alpha value is -0.620. The fourth-order valence-electron chi connectivity index (χ4n) is 1.05. The second-order valence-electron chi connectivity index (χ2n) is 3.41. The van der Waals surface area contributed by atoms with Crippen LogP contribution in [-0.2, 0) is 14.6 Å². The molecule has 3 N–H and O–H groups in total. The van der Waals surface area contributed by atoms with E-state index in [1.807, 2.05) is 0 Å². The number of unbranched alkanes of at least 4 members (excludes halogenated alkanes) is 1. The van der Waals surface area contributed by atoms with E-state index < -0.39 is 9.84 Å². The van der Waals surface area contributed by atoms with Gasteiger partial charge in [-0.3, -0.25) is 4.79 Å². The summed E-state index contributed by atoms with van der Waals surface area (Å²) in [5, 5.41) is 3.02. The lowest BCUT2D eigenvalue weighted by atomic mass is 10.2. The maximum atomic E-state index is 11.1. The van der Waals surface area contributed by atoms with Crippen LogP contribution in [-0.4, -0.2) is 38.9 Å². The van der Waals surface area contributed by atoms with Gasteiger partial charge in [-0.15, -0.1) is 0 Å². The number of primary amides is 1. The highest BCUT2D eigenvalue weighted by molar-refractivity contribution is 7.91. The number of nitrogens with one attached hydrogen (secondary N) is 1. The summed E-state index contributed by atoms with van der Waals surface area (Å²) < 4.78 is 22.2. The van der Waals surface area contributed by atoms with E-state index >= 15 is 0 Å². The number of nitrogens with two attached hydrogens (primary N) is 1. The Morgan fingerprint density at radius 3 is 2.47 bits per heavy atom. The van der Waals surface area contributed by atoms with E-state index in [2.05, 4.69) is 5.32 Å². The van der Waals surface area contributed by atoms with E-state index in [4.69, 9.17) is 5.73 Å². The average Bonchev–Trinajstić information content (AvgIpc) is 2.16. The zero-order valence-electron chi connectivity index (χ0n) is 9.16. The van der Waals surface area contributed by atoms with Gasteiger partial charge in [0.25, 0.3) is 0 Å². The van der Waals surface area contributed by atoms with E-state index in [-0.39, 0.29) is 17.4 Å². The van der Waals surface area contributed by atoms with Crippen LogP contribution in [0.25, 0.3) is 0 Å². The first-order valence-corrected chi connectivity index (χ1v) is 6.99. The molecule has 0 aromatic carbocycles. The van der Waals surface area contributed by atoms with Crippen LogP contribution in [0.4, 0.5) is 0 Å². The monoisotopic (exact) mass is 236 g/mol. The van der Waals surface area contributed by atoms with Gasteiger partial charge in [0.2, 0.25) is 5.91 Å². The third-order valence-electron chi connectivity index (χ3n) is 2.06. The van der Waals surface area contributed by atoms with E-state index in [9.17, 15) is 13.2 Å². The minimum atomic E-state index is -2.86. The summed E-state index contributed by atoms with van der Waals surface area (Å²) in [6.07, 6.45) is 1.99. The lowest BCUT2D eigenvalue weighted by Gasteiger charge is -2.03. The molecule has 0 heterocycles. The molecule has 0 aliphatic carbocycles. The summed E-state index contributed by atoms with van der Waals surface area (Å²) in [7, 11) is -2.86. The summed E-state index contributed by atoms with van der Waals surface area (Å²) >= 11 is 0. The summed E-state index contributed by atoms with van der Waals surface area (Å²) in [6, 6.07) is 0. The number of carbonyl (C=O) groups is 1. The Morgan fingerprint density at radius 1 is 1.27 bits per heavy atom. The molecule has 5 nitrogen and oxygen atoms in total. The Bertz CT molecular complexity index is 275. The van der Waals surface area contributed by atoms with Gasteiger partial charge in [-0.25, -0.2) is 8.42 Å². The molecule has 0 aromatic rings. The summed E-state index contributed by atoms with van der Waals surface area (Å²) in [4.78, 5) is 10.4. The SMILES string of the molecule is CCS(=O)(=O)CCNCCCCC(N)=O. The highest BCUT2D eigenvalue weighted by Crippen LogP contribution is 1.92. The Labute approximate surface area is 91.3 Å². The minimum absolute atomic E-state index is 0.180. The van der Waals surface area contributed by atoms with Gasteiger partial charge < -0.3 is 11.1 Å². The van der Waals surface area contributed by atoms with Crippen molar-refractivity contribution in [2.45, 2.75) is 26.2 Å². The van der Waals surface area contributed by atoms with E-state index in [0.717, 1.165) is 19.4 Å². The van der Waals surface area contributed by atoms with Crippen molar-refractivity contribution in [3.8, 4) is 0 Å². The Balaban J connectivity index is 3.29. The zero-order chi connectivity index (χ0) is 11.7. The second-order valence-corrected chi connectivity index (χ2v) is 5.88. The molecule has 0 aliphatic rings. The summed E-state index contributed by atoms with van der Waals surface area (Å²) in [5.41, 5.74) is 4.97. The Morgan fingerprint density at radius 2 is 1.93 bits per heavy atom. The number of amides is 1. The van der Waals surface area contributed by atoms with Crippen molar-refractivity contribution >= 4 is 15.7 Å². The minimum Gasteiger partial charge on any atom is -0.370 e. The molecule has 15 heavy (non-hydrogen) atoms. The van der Waals surface area contributed by atoms with Gasteiger partial charge in [0.05, 0.1) is 5.75 Å². The van der Waals surface area contributed by atoms with Gasteiger partial charge in [0.15, 0.2) is 9.84 Å². The molecular formula is C9H20N2O3S. The molecule has 6 heteroatoms. The van der Waals surface area contributed by atoms with E-state index in [0.29, 0.717) is 13.0 Å². The van der Waals surface area contributed by atoms with Crippen molar-refractivity contribution < 1.29 is 13.2 Å². The van der Waals surface area contributed by atoms with Crippen molar-refractivity contribution in [1.82, 2.24) is 5.32 Å². The topological polar surface area (TPSA) is 89.3 Å². The first-order chi connectivity index (χ1) is 6.98. The molecule has 0 saturated heterocycles. The lowest BCUT2D eigenvalue weighted by Crippen LogP contribution is -2.24. The maximum Gasteiger partial charge on any atom is 0.217 e. The van der Waals surface area contributed by atoms with Crippen LogP contribution in [0.5, 0.6) is 0 Å². The fraction of sp³-hybridized carbons (Fsp3) is 0.889. The number of hydrogen-bond donors (Lipinski definition) is 2. The number of carbonyl (C=O) groups excluding carboxylic acids is 1. The molecule has 0 aliphatic heterocycles. The van der Waals surface area contributed by atoms with Crippen molar-refractivity contribution in [3.05, 3.63) is 0 Å². The molecule has 1 amide bonds. The predicted octanol–water partition coefficient (Wildman–Crippen LogP) is -0.334. The number of rotatable bonds is 9. The molecule has 0 aromatic heterocycles. The molecule has 0 bridgehead atoms. The van der Waals surface area contributed by atoms with Gasteiger partial charge in [-0.05, 0) is 19.4 Å². The Kier molecular flexibility index (Phi) is 7.33. The van der Waals surface area contributed by atoms with Crippen molar-refractivity contribution in [1.29, 1.82) is 0 Å². The van der Waals surface area contributed by atoms with Crippen LogP contribution in [0, 0.1) is 0 Å². The van der Waals surface area contributed by atoms with Crippen LogP contribution >= 0.6 is 0 Å². The second kappa shape index (κ2) is 7.64. The normalized spacial score (nSPS) is 11.5. The largest absolute Gasteiger partial charge is 0.370 e. The standard InChI is InChI=1S/C9H20N2O3S/c1-2-15(13,14)8-7-11-6-4-3-5-9(10)12/h11H,2-8H2,1H3,(H2,10,12). The predicted molar refractivity (Wildman–Crippen MR) is 60.2 cm³/mol. The van der Waals surface area contributed by atoms with Crippen LogP contribution in [0.3, 0.4) is 0 Å². The molecule has 0 atom stereocenters. The third kappa shape index (κ3) is 9.68. The van der Waals surface area contributed by atoms with Gasteiger partial charge >= 0.3 is 0 Å². The van der Waals surface area contributed by atoms with Gasteiger partial charge in [0.1, 0.15) is 0 Å². The number of hydrogen-bond acceptors (Lipinski definition) is 4. The number of sulfone groups is 1. The van der Waals surface area contributed by atoms with Crippen LogP contribution in [0.2, 0.25) is 0 Å². The van der Waals surface area contributed by atoms with Gasteiger partial charge in [-0.1, -0.05) is 6.92 Å². The first kappa shape index (κ1) is 14.4. The van der Waals surface area contributed by atoms with Crippen molar-refractivity contribution in [3.63, 3.8) is 0 Å². The molecular weight excluding hydrogens is 216 g/mol. The molecule has 0 unspecified atom stereocenters. The van der Waals surface area contributed by atoms with Crippen LogP contribution in [0.15, 0.2) is 0 Å². The molecule has 0 rings (SSSR count). The highest BCUT2D eigenvalue weighted by Gasteiger charge is 2.05. The maximum absolute atomic E-state index is 11.1. The zero-order valence-corrected chi connectivity index (χ0v) is 9.98. The van der Waals surface area contributed by atoms with Gasteiger partial charge in [0, 0.05) is 18.7 Å². The average molecular weight is 236 g/mol. The van der Waals surface area contributed by atoms with Crippen molar-refractivity contribution in [2.24, 2.45) is 5.73 Å². The first-order valence-electron chi connectivity index (χ1n) is 5.17. The quantitative estimate of drug-likeness (QED) is 0.536. The smallest absolute Gasteiger partial charge is 0.217 e. The van der Waals surface area contributed by atoms with E-state index in [1.54, 1.807) is 6.92 Å². The molecule has 90 valence electrons. The van der Waals surface area contributed by atoms with Crippen molar-refractivity contribution in [2.75, 3.05) is 24.6 Å². The molecule has 0 radical (unpaired) electrons. The van der Waals surface area contributed by atoms with E-state index in [1.165, 1.54) is 0 Å². The lowest BCUT2D eigenvalue weighted by molar-refractivity contribution is -0.118. The third-order valence-corrected chi connectivity index (χ3v) is 3.76.